The van der Waals surface area contributed by atoms with Crippen molar-refractivity contribution in [1.82, 2.24) is 29.7 Å². The van der Waals surface area contributed by atoms with Gasteiger partial charge in [0, 0.05) is 73.3 Å². The van der Waals surface area contributed by atoms with E-state index in [1.54, 1.807) is 21.3 Å². The number of aryl methyl sites for hydroxylation is 3. The van der Waals surface area contributed by atoms with E-state index in [2.05, 4.69) is 68.2 Å². The number of benzene rings is 2. The molecule has 0 bridgehead atoms. The Morgan fingerprint density at radius 1 is 0.764 bits per heavy atom. The Hall–Kier alpha value is -4.39. The summed E-state index contributed by atoms with van der Waals surface area (Å²) >= 11 is 5.57. The number of nitrogen functional groups attached to an aromatic ring is 1. The molecular formula is C42H61ClN8O4. The minimum absolute atomic E-state index is 0.282. The summed E-state index contributed by atoms with van der Waals surface area (Å²) in [5.41, 5.74) is 10.6. The molecule has 4 aromatic rings. The highest BCUT2D eigenvalue weighted by Gasteiger charge is 2.20. The van der Waals surface area contributed by atoms with Crippen LogP contribution >= 0.6 is 11.6 Å². The molecule has 55 heavy (non-hydrogen) atoms. The monoisotopic (exact) mass is 776 g/mol. The number of methoxy groups -OCH3 is 2. The molecule has 2 aromatic carbocycles. The fourth-order valence-electron chi connectivity index (χ4n) is 6.79. The third kappa shape index (κ3) is 14.7. The Morgan fingerprint density at radius 3 is 1.89 bits per heavy atom. The Balaban J connectivity index is 0.000000205. The van der Waals surface area contributed by atoms with E-state index in [0.29, 0.717) is 23.9 Å². The number of halogens is 1. The number of nitrogens with zero attached hydrogens (tertiary/aromatic N) is 6. The van der Waals surface area contributed by atoms with E-state index in [9.17, 15) is 0 Å². The highest BCUT2D eigenvalue weighted by Crippen LogP contribution is 2.31. The molecule has 2 atom stereocenters. The summed E-state index contributed by atoms with van der Waals surface area (Å²) in [7, 11) is 9.46. The molecule has 3 N–H and O–H groups in total. The highest BCUT2D eigenvalue weighted by molar-refractivity contribution is 6.28. The number of piperidine rings is 2. The Labute approximate surface area is 333 Å². The van der Waals surface area contributed by atoms with Crippen molar-refractivity contribution in [2.75, 3.05) is 85.8 Å². The molecule has 12 nitrogen and oxygen atoms in total. The zero-order chi connectivity index (χ0) is 39.7. The quantitative estimate of drug-likeness (QED) is 0.112. The molecule has 0 amide bonds. The predicted octanol–water partition coefficient (Wildman–Crippen LogP) is 7.15. The van der Waals surface area contributed by atoms with E-state index in [4.69, 9.17) is 36.3 Å². The minimum Gasteiger partial charge on any atom is -0.493 e. The first kappa shape index (κ1) is 43.3. The van der Waals surface area contributed by atoms with E-state index < -0.39 is 0 Å². The first-order valence-electron chi connectivity index (χ1n) is 19.2. The molecule has 0 spiro atoms. The van der Waals surface area contributed by atoms with Crippen molar-refractivity contribution in [3.63, 3.8) is 0 Å². The first-order chi connectivity index (χ1) is 26.5. The smallest absolute Gasteiger partial charge is 0.224 e. The summed E-state index contributed by atoms with van der Waals surface area (Å²) in [6, 6.07) is 15.5. The van der Waals surface area contributed by atoms with Crippen LogP contribution in [-0.2, 0) is 12.8 Å². The lowest BCUT2D eigenvalue weighted by Crippen LogP contribution is -2.34. The van der Waals surface area contributed by atoms with Crippen LogP contribution in [0.3, 0.4) is 0 Å². The molecule has 2 saturated heterocycles. The number of hydrogen-bond donors (Lipinski definition) is 2. The van der Waals surface area contributed by atoms with Crippen LogP contribution in [-0.4, -0.2) is 104 Å². The van der Waals surface area contributed by atoms with Crippen LogP contribution in [0.5, 0.6) is 23.0 Å². The third-order valence-electron chi connectivity index (χ3n) is 9.57. The standard InChI is InChI=1S/C22H31N3O2.C14H22N2O2.C6H8ClN3/c1-5-19-11-16(2)23-22(24-19)13-17-8-9-20(26-4)21(12-17)27-15-18-7-6-10-25(3)14-18;1-16-7-3-4-11(9-16)10-18-14-8-12(15)5-6-13(14)17-2;1-4-3-5(8-2)10-6(7)9-4/h8-9,11-12,18H,5-7,10,13-15H2,1-4H3;5-6,8,11H,3-4,7,9-10,15H2,1-2H3;3H,1-2H3,(H,8,9,10). The average molecular weight is 777 g/mol. The van der Waals surface area contributed by atoms with Gasteiger partial charge in [-0.25, -0.2) is 19.9 Å². The lowest BCUT2D eigenvalue weighted by Gasteiger charge is -2.29. The van der Waals surface area contributed by atoms with E-state index in [-0.39, 0.29) is 5.28 Å². The van der Waals surface area contributed by atoms with Crippen molar-refractivity contribution >= 4 is 23.1 Å². The number of anilines is 2. The van der Waals surface area contributed by atoms with Gasteiger partial charge in [-0.1, -0.05) is 13.0 Å². The van der Waals surface area contributed by atoms with Crippen molar-refractivity contribution in [1.29, 1.82) is 0 Å². The highest BCUT2D eigenvalue weighted by atomic mass is 35.5. The maximum absolute atomic E-state index is 6.17. The van der Waals surface area contributed by atoms with E-state index in [1.807, 2.05) is 50.2 Å². The van der Waals surface area contributed by atoms with Crippen molar-refractivity contribution in [3.8, 4) is 23.0 Å². The zero-order valence-electron chi connectivity index (χ0n) is 34.0. The number of likely N-dealkylation sites (tertiary alicyclic amines) is 2. The number of nitrogens with two attached hydrogens (primary N) is 1. The van der Waals surface area contributed by atoms with Crippen LogP contribution in [0.15, 0.2) is 48.5 Å². The second-order valence-electron chi connectivity index (χ2n) is 14.4. The molecule has 2 unspecified atom stereocenters. The molecule has 0 saturated carbocycles. The van der Waals surface area contributed by atoms with Gasteiger partial charge in [-0.2, -0.15) is 0 Å². The van der Waals surface area contributed by atoms with E-state index in [0.717, 1.165) is 90.0 Å². The van der Waals surface area contributed by atoms with Crippen LogP contribution in [0.1, 0.15) is 61.1 Å². The number of hydrogen-bond acceptors (Lipinski definition) is 12. The molecule has 2 aliphatic rings. The summed E-state index contributed by atoms with van der Waals surface area (Å²) in [5, 5.41) is 3.15. The summed E-state index contributed by atoms with van der Waals surface area (Å²) < 4.78 is 22.8. The maximum atomic E-state index is 6.17. The molecule has 6 rings (SSSR count). The fraction of sp³-hybridized carbons (Fsp3) is 0.524. The molecule has 2 aliphatic heterocycles. The second-order valence-corrected chi connectivity index (χ2v) is 14.8. The first-order valence-corrected chi connectivity index (χ1v) is 19.6. The van der Waals surface area contributed by atoms with Crippen molar-refractivity contribution in [3.05, 3.63) is 82.3 Å². The van der Waals surface area contributed by atoms with Gasteiger partial charge in [-0.05, 0) is 121 Å². The van der Waals surface area contributed by atoms with Gasteiger partial charge in [0.25, 0.3) is 0 Å². The summed E-state index contributed by atoms with van der Waals surface area (Å²) in [5.74, 6) is 5.85. The molecule has 13 heteroatoms. The van der Waals surface area contributed by atoms with Gasteiger partial charge < -0.3 is 39.8 Å². The van der Waals surface area contributed by atoms with E-state index in [1.165, 1.54) is 38.8 Å². The lowest BCUT2D eigenvalue weighted by atomic mass is 9.99. The summed E-state index contributed by atoms with van der Waals surface area (Å²) in [6.45, 7) is 12.0. The number of aromatic nitrogens is 4. The largest absolute Gasteiger partial charge is 0.493 e. The van der Waals surface area contributed by atoms with Gasteiger partial charge in [0.15, 0.2) is 23.0 Å². The van der Waals surface area contributed by atoms with Crippen molar-refractivity contribution < 1.29 is 18.9 Å². The van der Waals surface area contributed by atoms with Crippen LogP contribution in [0.2, 0.25) is 5.28 Å². The van der Waals surface area contributed by atoms with Gasteiger partial charge in [0.2, 0.25) is 5.28 Å². The van der Waals surface area contributed by atoms with Crippen LogP contribution in [0, 0.1) is 25.7 Å². The molecule has 2 aromatic heterocycles. The molecule has 300 valence electrons. The number of ether oxygens (including phenoxy) is 4. The fourth-order valence-corrected chi connectivity index (χ4v) is 7.01. The lowest BCUT2D eigenvalue weighted by molar-refractivity contribution is 0.148. The third-order valence-corrected chi connectivity index (χ3v) is 9.74. The zero-order valence-corrected chi connectivity index (χ0v) is 34.8. The van der Waals surface area contributed by atoms with E-state index >= 15 is 0 Å². The predicted molar refractivity (Wildman–Crippen MR) is 222 cm³/mol. The van der Waals surface area contributed by atoms with Gasteiger partial charge in [0.1, 0.15) is 11.6 Å². The molecule has 4 heterocycles. The van der Waals surface area contributed by atoms with Crippen LogP contribution < -0.4 is 30.0 Å². The van der Waals surface area contributed by atoms with Gasteiger partial charge in [-0.15, -0.1) is 0 Å². The Kier molecular flexibility index (Phi) is 17.5. The normalized spacial score (nSPS) is 17.2. The SMILES string of the molecule is CCc1cc(C)nc(Cc2ccc(OC)c(OCC3CCCN(C)C3)c2)n1.CNc1cc(C)nc(Cl)n1.COc1ccc(N)cc1OCC1CCCN(C)C1. The van der Waals surface area contributed by atoms with Gasteiger partial charge in [-0.3, -0.25) is 0 Å². The molecular weight excluding hydrogens is 716 g/mol. The van der Waals surface area contributed by atoms with Crippen molar-refractivity contribution in [2.24, 2.45) is 11.8 Å². The number of rotatable bonds is 12. The average Bonchev–Trinajstić information content (AvgIpc) is 3.16. The minimum atomic E-state index is 0.282. The molecule has 0 radical (unpaired) electrons. The topological polar surface area (TPSA) is 133 Å². The maximum Gasteiger partial charge on any atom is 0.224 e. The molecule has 2 fully saturated rings. The Morgan fingerprint density at radius 2 is 1.35 bits per heavy atom. The summed E-state index contributed by atoms with van der Waals surface area (Å²) in [4.78, 5) is 21.8. The van der Waals surface area contributed by atoms with Gasteiger partial charge in [0.05, 0.1) is 27.4 Å². The number of nitrogens with one attached hydrogen (secondary N) is 1. The van der Waals surface area contributed by atoms with Crippen LogP contribution in [0.25, 0.3) is 0 Å². The Bertz CT molecular complexity index is 1760. The van der Waals surface area contributed by atoms with Gasteiger partial charge >= 0.3 is 0 Å². The molecule has 0 aliphatic carbocycles. The second kappa shape index (κ2) is 22.2. The van der Waals surface area contributed by atoms with Crippen LogP contribution in [0.4, 0.5) is 11.5 Å². The summed E-state index contributed by atoms with van der Waals surface area (Å²) in [6.07, 6.45) is 6.56. The van der Waals surface area contributed by atoms with Crippen molar-refractivity contribution in [2.45, 2.75) is 59.3 Å².